The van der Waals surface area contributed by atoms with Gasteiger partial charge in [-0.2, -0.15) is 5.10 Å². The highest BCUT2D eigenvalue weighted by Gasteiger charge is 2.14. The van der Waals surface area contributed by atoms with Crippen LogP contribution in [0.2, 0.25) is 0 Å². The second-order valence-corrected chi connectivity index (χ2v) is 9.47. The summed E-state index contributed by atoms with van der Waals surface area (Å²) in [6.07, 6.45) is 13.2. The van der Waals surface area contributed by atoms with Crippen molar-refractivity contribution in [2.45, 2.75) is 85.5 Å². The molecular formula is C28H43N5O. The van der Waals surface area contributed by atoms with E-state index in [0.29, 0.717) is 11.4 Å². The number of benzene rings is 1. The molecule has 2 unspecified atom stereocenters. The molecule has 0 saturated carbocycles. The van der Waals surface area contributed by atoms with Gasteiger partial charge in [0.1, 0.15) is 5.69 Å². The molecule has 0 radical (unpaired) electrons. The molecule has 3 N–H and O–H groups in total. The number of hydrogen-bond donors (Lipinski definition) is 3. The van der Waals surface area contributed by atoms with E-state index in [2.05, 4.69) is 72.8 Å². The summed E-state index contributed by atoms with van der Waals surface area (Å²) in [7, 11) is 0. The first-order valence-electron chi connectivity index (χ1n) is 12.8. The van der Waals surface area contributed by atoms with E-state index in [1.807, 2.05) is 6.07 Å². The minimum atomic E-state index is -0.355. The number of amides is 2. The highest BCUT2D eigenvalue weighted by atomic mass is 16.2. The maximum absolute atomic E-state index is 12.1. The number of aromatic nitrogens is 2. The Morgan fingerprint density at radius 2 is 1.88 bits per heavy atom. The van der Waals surface area contributed by atoms with Gasteiger partial charge in [0.2, 0.25) is 0 Å². The minimum Gasteiger partial charge on any atom is -0.307 e. The lowest BCUT2D eigenvalue weighted by molar-refractivity contribution is 0.250. The van der Waals surface area contributed by atoms with E-state index in [1.54, 1.807) is 18.3 Å². The van der Waals surface area contributed by atoms with E-state index in [0.717, 1.165) is 30.4 Å². The van der Waals surface area contributed by atoms with Crippen molar-refractivity contribution in [2.75, 3.05) is 5.32 Å². The Morgan fingerprint density at radius 3 is 2.56 bits per heavy atom. The summed E-state index contributed by atoms with van der Waals surface area (Å²) in [4.78, 5) is 12.1. The maximum Gasteiger partial charge on any atom is 0.337 e. The van der Waals surface area contributed by atoms with E-state index in [-0.39, 0.29) is 6.03 Å². The predicted octanol–water partition coefficient (Wildman–Crippen LogP) is 6.90. The third kappa shape index (κ3) is 9.94. The van der Waals surface area contributed by atoms with Gasteiger partial charge >= 0.3 is 6.03 Å². The topological polar surface area (TPSA) is 78.9 Å². The van der Waals surface area contributed by atoms with Crippen LogP contribution in [-0.4, -0.2) is 16.2 Å². The number of fused-ring (bicyclic) bond motifs is 1. The van der Waals surface area contributed by atoms with Gasteiger partial charge in [0.05, 0.1) is 5.70 Å². The molecule has 3 rings (SSSR count). The van der Waals surface area contributed by atoms with Crippen LogP contribution in [0.3, 0.4) is 0 Å². The number of nitrogens with zero attached hydrogens (tertiary/aromatic N) is 2. The van der Waals surface area contributed by atoms with Gasteiger partial charge in [-0.1, -0.05) is 72.4 Å². The molecule has 0 bridgehead atoms. The Hall–Kier alpha value is -2.89. The molecule has 6 nitrogen and oxygen atoms in total. The van der Waals surface area contributed by atoms with E-state index < -0.39 is 0 Å². The fourth-order valence-corrected chi connectivity index (χ4v) is 3.90. The number of carbonyl (C=O) groups is 1. The van der Waals surface area contributed by atoms with Gasteiger partial charge in [-0.15, -0.1) is 5.10 Å². The fraction of sp³-hybridized carbons (Fsp3) is 0.536. The van der Waals surface area contributed by atoms with Gasteiger partial charge in [0, 0.05) is 11.9 Å². The van der Waals surface area contributed by atoms with Gasteiger partial charge in [0.15, 0.2) is 0 Å². The molecule has 186 valence electrons. The first-order valence-corrected chi connectivity index (χ1v) is 12.8. The molecule has 6 heteroatoms. The van der Waals surface area contributed by atoms with Crippen molar-refractivity contribution in [3.05, 3.63) is 59.9 Å². The number of nitrogens with one attached hydrogen (secondary N) is 3. The van der Waals surface area contributed by atoms with Gasteiger partial charge in [-0.3, -0.25) is 10.9 Å². The van der Waals surface area contributed by atoms with Crippen molar-refractivity contribution in [1.29, 1.82) is 0 Å². The molecule has 1 aliphatic carbocycles. The van der Waals surface area contributed by atoms with Crippen molar-refractivity contribution < 1.29 is 4.79 Å². The molecule has 1 aromatic heterocycles. The molecule has 0 saturated heterocycles. The molecule has 1 aliphatic rings. The summed E-state index contributed by atoms with van der Waals surface area (Å²) in [5.74, 6) is 1.71. The van der Waals surface area contributed by atoms with Crippen molar-refractivity contribution in [3.63, 3.8) is 0 Å². The molecule has 2 aromatic rings. The molecule has 0 aliphatic heterocycles. The number of hydrazine groups is 1. The first-order chi connectivity index (χ1) is 16.4. The maximum atomic E-state index is 12.1. The molecule has 2 amide bonds. The SMILES string of the molecule is C=C(NNC(=O)Nc1ccc2c(c1)CCC(C)CC2)c1cccnn1.CCCCCC(C)CC. The van der Waals surface area contributed by atoms with Crippen LogP contribution < -0.4 is 16.2 Å². The summed E-state index contributed by atoms with van der Waals surface area (Å²) in [5.41, 5.74) is 9.86. The zero-order valence-electron chi connectivity index (χ0n) is 21.5. The number of hydrogen-bond acceptors (Lipinski definition) is 4. The van der Waals surface area contributed by atoms with Gasteiger partial charge in [-0.25, -0.2) is 4.79 Å². The van der Waals surface area contributed by atoms with Crippen molar-refractivity contribution in [2.24, 2.45) is 11.8 Å². The molecule has 0 fully saturated rings. The van der Waals surface area contributed by atoms with Crippen LogP contribution in [0, 0.1) is 11.8 Å². The van der Waals surface area contributed by atoms with Gasteiger partial charge < -0.3 is 5.32 Å². The zero-order chi connectivity index (χ0) is 24.8. The zero-order valence-corrected chi connectivity index (χ0v) is 21.5. The Bertz CT molecular complexity index is 884. The molecule has 1 aromatic carbocycles. The summed E-state index contributed by atoms with van der Waals surface area (Å²) < 4.78 is 0. The minimum absolute atomic E-state index is 0.355. The summed E-state index contributed by atoms with van der Waals surface area (Å²) in [5, 5.41) is 10.5. The third-order valence-electron chi connectivity index (χ3n) is 6.48. The summed E-state index contributed by atoms with van der Waals surface area (Å²) in [6, 6.07) is 9.30. The number of carbonyl (C=O) groups excluding carboxylic acids is 1. The van der Waals surface area contributed by atoms with Crippen LogP contribution >= 0.6 is 0 Å². The number of unbranched alkanes of at least 4 members (excludes halogenated alkanes) is 2. The lowest BCUT2D eigenvalue weighted by Crippen LogP contribution is -2.39. The molecule has 34 heavy (non-hydrogen) atoms. The van der Waals surface area contributed by atoms with Crippen LogP contribution in [0.5, 0.6) is 0 Å². The standard InChI is InChI=1S/C19H23N5O.C9H20/c1-13-5-7-15-9-10-17(12-16(15)8-6-13)21-19(25)24-22-14(2)18-4-3-11-20-23-18;1-4-6-7-8-9(3)5-2/h3-4,9-13,22H,2,5-8H2,1H3,(H2,21,24,25);9H,4-8H2,1-3H3. The molecule has 0 spiro atoms. The summed E-state index contributed by atoms with van der Waals surface area (Å²) in [6.45, 7) is 13.0. The van der Waals surface area contributed by atoms with Crippen LogP contribution in [-0.2, 0) is 12.8 Å². The summed E-state index contributed by atoms with van der Waals surface area (Å²) >= 11 is 0. The van der Waals surface area contributed by atoms with Crippen molar-refractivity contribution in [3.8, 4) is 0 Å². The van der Waals surface area contributed by atoms with Gasteiger partial charge in [0.25, 0.3) is 0 Å². The van der Waals surface area contributed by atoms with Crippen LogP contribution in [0.1, 0.15) is 89.5 Å². The fourth-order valence-electron chi connectivity index (χ4n) is 3.90. The quantitative estimate of drug-likeness (QED) is 0.214. The number of urea groups is 1. The van der Waals surface area contributed by atoms with E-state index >= 15 is 0 Å². The van der Waals surface area contributed by atoms with E-state index in [1.165, 1.54) is 56.1 Å². The van der Waals surface area contributed by atoms with Crippen molar-refractivity contribution >= 4 is 17.4 Å². The highest BCUT2D eigenvalue weighted by molar-refractivity contribution is 5.89. The smallest absolute Gasteiger partial charge is 0.307 e. The van der Waals surface area contributed by atoms with E-state index in [9.17, 15) is 4.79 Å². The average molecular weight is 466 g/mol. The highest BCUT2D eigenvalue weighted by Crippen LogP contribution is 2.26. The monoisotopic (exact) mass is 465 g/mol. The van der Waals surface area contributed by atoms with Crippen molar-refractivity contribution in [1.82, 2.24) is 21.0 Å². The Labute approximate surface area is 206 Å². The van der Waals surface area contributed by atoms with Crippen LogP contribution in [0.4, 0.5) is 10.5 Å². The second kappa shape index (κ2) is 15.1. The Morgan fingerprint density at radius 1 is 1.12 bits per heavy atom. The third-order valence-corrected chi connectivity index (χ3v) is 6.48. The first kappa shape index (κ1) is 27.4. The Balaban J connectivity index is 0.000000387. The number of anilines is 1. The average Bonchev–Trinajstić information content (AvgIpc) is 3.04. The largest absolute Gasteiger partial charge is 0.337 e. The molecular weight excluding hydrogens is 422 g/mol. The Kier molecular flexibility index (Phi) is 12.1. The van der Waals surface area contributed by atoms with Crippen LogP contribution in [0.15, 0.2) is 43.1 Å². The molecule has 1 heterocycles. The lowest BCUT2D eigenvalue weighted by Gasteiger charge is -2.13. The molecule has 2 atom stereocenters. The second-order valence-electron chi connectivity index (χ2n) is 9.47. The lowest BCUT2D eigenvalue weighted by atomic mass is 10.0. The number of rotatable bonds is 9. The number of aryl methyl sites for hydroxylation is 2. The van der Waals surface area contributed by atoms with Gasteiger partial charge in [-0.05, 0) is 72.9 Å². The van der Waals surface area contributed by atoms with E-state index in [4.69, 9.17) is 0 Å². The normalized spacial score (nSPS) is 15.6. The predicted molar refractivity (Wildman–Crippen MR) is 142 cm³/mol. The van der Waals surface area contributed by atoms with Crippen LogP contribution in [0.25, 0.3) is 5.70 Å².